The van der Waals surface area contributed by atoms with Gasteiger partial charge in [0.05, 0.1) is 0 Å². The van der Waals surface area contributed by atoms with Crippen molar-refractivity contribution in [1.29, 1.82) is 0 Å². The van der Waals surface area contributed by atoms with Crippen LogP contribution in [0.3, 0.4) is 0 Å². The van der Waals surface area contributed by atoms with Crippen LogP contribution in [0.1, 0.15) is 0 Å². The van der Waals surface area contributed by atoms with E-state index in [1.165, 1.54) is 0 Å². The normalized spacial score (nSPS) is 6.75. The molecule has 0 radical (unpaired) electrons. The van der Waals surface area contributed by atoms with E-state index in [9.17, 15) is 0 Å². The molecule has 0 aromatic rings. The van der Waals surface area contributed by atoms with E-state index in [1.807, 2.05) is 0 Å². The van der Waals surface area contributed by atoms with E-state index in [4.69, 9.17) is 0 Å². The van der Waals surface area contributed by atoms with Gasteiger partial charge in [0.2, 0.25) is 0 Å². The quantitative estimate of drug-likeness (QED) is 0.431. The molecule has 4 heteroatoms. The summed E-state index contributed by atoms with van der Waals surface area (Å²) in [4.78, 5) is 0. The maximum atomic E-state index is 2.53. The van der Waals surface area contributed by atoms with Crippen LogP contribution in [-0.2, 0) is 0 Å². The van der Waals surface area contributed by atoms with Gasteiger partial charge < -0.3 is 0 Å². The van der Waals surface area contributed by atoms with Crippen molar-refractivity contribution >= 4 is 41.8 Å². The molecule has 0 saturated heterocycles. The first kappa shape index (κ1) is 7.57. The van der Waals surface area contributed by atoms with Crippen LogP contribution in [0.2, 0.25) is 0 Å². The number of hydrogen-bond donors (Lipinski definition) is 0. The van der Waals surface area contributed by atoms with Gasteiger partial charge in [0.25, 0.3) is 0 Å². The van der Waals surface area contributed by atoms with Crippen LogP contribution in [0.5, 0.6) is 0 Å². The molecule has 4 heavy (non-hydrogen) atoms. The third kappa shape index (κ3) is 9.13. The molecule has 0 spiro atoms. The monoisotopic (exact) mass is 521 g/mol. The van der Waals surface area contributed by atoms with Crippen LogP contribution >= 0.6 is 41.8 Å². The Hall–Kier alpha value is 3.57. The van der Waals surface area contributed by atoms with Crippen LogP contribution in [-0.4, -0.2) is 0 Å². The molecule has 0 rings (SSSR count). The van der Waals surface area contributed by atoms with E-state index in [-0.39, 0.29) is 0 Å². The van der Waals surface area contributed by atoms with Crippen molar-refractivity contribution in [2.45, 2.75) is 0 Å². The molecule has 0 aromatic carbocycles. The van der Waals surface area contributed by atoms with Gasteiger partial charge in [0, 0.05) is 0 Å². The fourth-order valence-electron chi connectivity index (χ4n) is 0. The van der Waals surface area contributed by atoms with Crippen LogP contribution in [0.25, 0.3) is 0 Å². The minimum absolute atomic E-state index is 0.747. The van der Waals surface area contributed by atoms with Crippen LogP contribution in [0, 0.1) is 18.9 Å². The predicted molar refractivity (Wildman–Crippen MR) is 42.1 cm³/mol. The molecule has 0 aliphatic rings. The molecule has 0 amide bonds. The van der Waals surface area contributed by atoms with Crippen molar-refractivity contribution in [1.82, 2.24) is 0 Å². The molecule has 0 nitrogen and oxygen atoms in total. The summed E-state index contributed by atoms with van der Waals surface area (Å²) < 4.78 is 0. The molecular weight excluding hydrogens is 521 g/mol. The van der Waals surface area contributed by atoms with Crippen molar-refractivity contribution in [2.24, 2.45) is 0 Å². The van der Waals surface area contributed by atoms with Gasteiger partial charge in [0.15, 0.2) is 0 Å². The number of halogens is 3. The average Bonchev–Trinajstić information content (AvgIpc) is 0.811. The molecule has 0 atom stereocenters. The van der Waals surface area contributed by atoms with E-state index < -0.39 is 18.9 Å². The summed E-state index contributed by atoms with van der Waals surface area (Å²) in [6.07, 6.45) is 0. The third-order valence-corrected chi connectivity index (χ3v) is 0. The summed E-state index contributed by atoms with van der Waals surface area (Å²) in [5.41, 5.74) is 0. The summed E-state index contributed by atoms with van der Waals surface area (Å²) in [7, 11) is 0. The van der Waals surface area contributed by atoms with Gasteiger partial charge in [0.1, 0.15) is 0 Å². The zero-order chi connectivity index (χ0) is 3.58. The Morgan fingerprint density at radius 2 is 1.00 bits per heavy atom. The van der Waals surface area contributed by atoms with Gasteiger partial charge in [-0.3, -0.25) is 0 Å². The SMILES string of the molecule is [I][Ce]([I])[I]. The van der Waals surface area contributed by atoms with Crippen molar-refractivity contribution in [3.8, 4) is 0 Å². The van der Waals surface area contributed by atoms with E-state index in [0.29, 0.717) is 0 Å². The molecule has 0 unspecified atom stereocenters. The number of rotatable bonds is 0. The van der Waals surface area contributed by atoms with Crippen molar-refractivity contribution < 1.29 is 18.9 Å². The Labute approximate surface area is 57.6 Å². The Balaban J connectivity index is 2.32. The zero-order valence-corrected chi connectivity index (χ0v) is 11.2. The van der Waals surface area contributed by atoms with E-state index in [1.54, 1.807) is 0 Å². The van der Waals surface area contributed by atoms with Gasteiger partial charge >= 0.3 is 60.6 Å². The molecule has 25 valence electrons. The minimum atomic E-state index is -0.747. The topological polar surface area (TPSA) is 0 Å². The molecule has 0 aliphatic carbocycles. The van der Waals surface area contributed by atoms with Gasteiger partial charge in [-0.15, -0.1) is 0 Å². The standard InChI is InChI=1S/Ce.3HI/h;3*1H/q+3;;;/p-3. The van der Waals surface area contributed by atoms with Crippen molar-refractivity contribution in [2.75, 3.05) is 0 Å². The number of hydrogen-bond acceptors (Lipinski definition) is 0. The summed E-state index contributed by atoms with van der Waals surface area (Å²) >= 11 is 6.84. The first-order valence-corrected chi connectivity index (χ1v) is 27.7. The third-order valence-electron chi connectivity index (χ3n) is 0. The Morgan fingerprint density at radius 3 is 1.00 bits per heavy atom. The summed E-state index contributed by atoms with van der Waals surface area (Å²) in [5.74, 6) is 0. The van der Waals surface area contributed by atoms with Crippen LogP contribution in [0.15, 0.2) is 0 Å². The fraction of sp³-hybridized carbons (Fsp3) is 0. The van der Waals surface area contributed by atoms with Crippen molar-refractivity contribution in [3.05, 3.63) is 0 Å². The fourth-order valence-corrected chi connectivity index (χ4v) is 0. The van der Waals surface area contributed by atoms with Gasteiger partial charge in [-0.05, 0) is 0 Å². The van der Waals surface area contributed by atoms with Crippen LogP contribution < -0.4 is 0 Å². The predicted octanol–water partition coefficient (Wildman–Crippen LogP) is 2.66. The van der Waals surface area contributed by atoms with Crippen molar-refractivity contribution in [3.63, 3.8) is 0 Å². The van der Waals surface area contributed by atoms with E-state index >= 15 is 0 Å². The van der Waals surface area contributed by atoms with Gasteiger partial charge in [-0.25, -0.2) is 0 Å². The van der Waals surface area contributed by atoms with Crippen LogP contribution in [0.4, 0.5) is 0 Å². The Bertz CT molecular complexity index is 8.00. The van der Waals surface area contributed by atoms with Gasteiger partial charge in [-0.2, -0.15) is 0 Å². The second-order valence-electron chi connectivity index (χ2n) is 0.214. The molecule has 0 saturated carbocycles. The molecule has 0 fully saturated rings. The second-order valence-corrected chi connectivity index (χ2v) is 70.2. The summed E-state index contributed by atoms with van der Waals surface area (Å²) in [6, 6.07) is 0. The molecule has 0 N–H and O–H groups in total. The molecule has 0 bridgehead atoms. The van der Waals surface area contributed by atoms with E-state index in [2.05, 4.69) is 41.8 Å². The second kappa shape index (κ2) is 4.72. The Morgan fingerprint density at radius 1 is 1.00 bits per heavy atom. The Kier molecular flexibility index (Phi) is 8.93. The molecule has 0 aromatic heterocycles. The first-order chi connectivity index (χ1) is 1.73. The summed E-state index contributed by atoms with van der Waals surface area (Å²) in [5, 5.41) is 0. The summed E-state index contributed by atoms with van der Waals surface area (Å²) in [6.45, 7) is 0. The molecule has 0 heterocycles. The average molecular weight is 521 g/mol. The maximum absolute atomic E-state index is 2.53. The molecule has 0 aliphatic heterocycles. The van der Waals surface area contributed by atoms with E-state index in [0.717, 1.165) is 0 Å². The molecular formula is CeI3. The zero-order valence-electron chi connectivity index (χ0n) is 1.63. The van der Waals surface area contributed by atoms with Gasteiger partial charge in [-0.1, -0.05) is 0 Å². The first-order valence-electron chi connectivity index (χ1n) is 0.567.